The number of ether oxygens (including phenoxy) is 3. The maximum absolute atomic E-state index is 12.8. The van der Waals surface area contributed by atoms with Gasteiger partial charge in [-0.25, -0.2) is 0 Å². The van der Waals surface area contributed by atoms with Crippen molar-refractivity contribution in [1.29, 1.82) is 0 Å². The molecule has 0 saturated carbocycles. The van der Waals surface area contributed by atoms with E-state index in [2.05, 4.69) is 31.3 Å². The van der Waals surface area contributed by atoms with Gasteiger partial charge in [-0.2, -0.15) is 0 Å². The number of rotatable bonds is 6. The summed E-state index contributed by atoms with van der Waals surface area (Å²) in [4.78, 5) is 12.8. The lowest BCUT2D eigenvalue weighted by molar-refractivity contribution is -0.149. The van der Waals surface area contributed by atoms with Crippen LogP contribution in [0.25, 0.3) is 0 Å². The molecular formula is C21H29NO4. The monoisotopic (exact) mass is 359 g/mol. The summed E-state index contributed by atoms with van der Waals surface area (Å²) in [6.45, 7) is 9.68. The fourth-order valence-electron chi connectivity index (χ4n) is 4.13. The standard InChI is InChI=1S/C21H29NO4/c1-5-9-21(3,4)11-16-19(20(23)24-6-2)15(12-22-16)14-7-8-17-18(10-14)26-13-25-17/h5,7-10,15-16,19,22H,6,11-13H2,1-4H3. The second kappa shape index (κ2) is 7.70. The van der Waals surface area contributed by atoms with E-state index in [1.54, 1.807) is 0 Å². The van der Waals surface area contributed by atoms with Crippen LogP contribution in [-0.2, 0) is 9.53 Å². The minimum atomic E-state index is -0.208. The van der Waals surface area contributed by atoms with Crippen LogP contribution < -0.4 is 14.8 Å². The van der Waals surface area contributed by atoms with Crippen molar-refractivity contribution in [2.45, 2.75) is 46.1 Å². The number of hydrogen-bond acceptors (Lipinski definition) is 5. The molecule has 1 fully saturated rings. The maximum Gasteiger partial charge on any atom is 0.311 e. The van der Waals surface area contributed by atoms with Crippen LogP contribution in [0.15, 0.2) is 30.4 Å². The van der Waals surface area contributed by atoms with Crippen LogP contribution in [0, 0.1) is 11.3 Å². The summed E-state index contributed by atoms with van der Waals surface area (Å²) in [6.07, 6.45) is 5.15. The Hall–Kier alpha value is -2.01. The SMILES string of the molecule is CC=CC(C)(C)CC1NCC(c2ccc3c(c2)OCO3)C1C(=O)OCC. The molecule has 1 saturated heterocycles. The van der Waals surface area contributed by atoms with E-state index in [9.17, 15) is 4.79 Å². The lowest BCUT2D eigenvalue weighted by Gasteiger charge is -2.29. The molecule has 0 bridgehead atoms. The van der Waals surface area contributed by atoms with Crippen LogP contribution in [0.1, 0.15) is 45.6 Å². The molecule has 1 aromatic rings. The number of carbonyl (C=O) groups is 1. The topological polar surface area (TPSA) is 56.8 Å². The minimum Gasteiger partial charge on any atom is -0.466 e. The van der Waals surface area contributed by atoms with E-state index >= 15 is 0 Å². The van der Waals surface area contributed by atoms with E-state index in [1.165, 1.54) is 0 Å². The average molecular weight is 359 g/mol. The van der Waals surface area contributed by atoms with Crippen molar-refractivity contribution in [1.82, 2.24) is 5.32 Å². The first-order valence-corrected chi connectivity index (χ1v) is 9.38. The summed E-state index contributed by atoms with van der Waals surface area (Å²) in [5.74, 6) is 1.25. The summed E-state index contributed by atoms with van der Waals surface area (Å²) in [5, 5.41) is 3.57. The maximum atomic E-state index is 12.8. The quantitative estimate of drug-likeness (QED) is 0.621. The normalized spacial score (nSPS) is 25.0. The van der Waals surface area contributed by atoms with Gasteiger partial charge < -0.3 is 19.5 Å². The van der Waals surface area contributed by atoms with Gasteiger partial charge in [-0.15, -0.1) is 0 Å². The molecule has 1 N–H and O–H groups in total. The third-order valence-electron chi connectivity index (χ3n) is 5.21. The number of hydrogen-bond donors (Lipinski definition) is 1. The lowest BCUT2D eigenvalue weighted by atomic mass is 9.78. The molecule has 3 rings (SSSR count). The van der Waals surface area contributed by atoms with Crippen molar-refractivity contribution in [2.75, 3.05) is 19.9 Å². The highest BCUT2D eigenvalue weighted by atomic mass is 16.7. The first-order valence-electron chi connectivity index (χ1n) is 9.38. The van der Waals surface area contributed by atoms with Gasteiger partial charge in [-0.05, 0) is 43.4 Å². The van der Waals surface area contributed by atoms with E-state index in [-0.39, 0.29) is 36.1 Å². The van der Waals surface area contributed by atoms with Gasteiger partial charge in [0.2, 0.25) is 6.79 Å². The fraction of sp³-hybridized carbons (Fsp3) is 0.571. The van der Waals surface area contributed by atoms with Crippen LogP contribution in [0.3, 0.4) is 0 Å². The summed E-state index contributed by atoms with van der Waals surface area (Å²) in [6, 6.07) is 6.04. The molecule has 3 unspecified atom stereocenters. The Labute approximate surface area is 155 Å². The molecule has 26 heavy (non-hydrogen) atoms. The van der Waals surface area contributed by atoms with Gasteiger partial charge in [0.25, 0.3) is 0 Å². The third-order valence-corrected chi connectivity index (χ3v) is 5.21. The summed E-state index contributed by atoms with van der Waals surface area (Å²) < 4.78 is 16.3. The van der Waals surface area contributed by atoms with Crippen molar-refractivity contribution >= 4 is 5.97 Å². The second-order valence-corrected chi connectivity index (χ2v) is 7.70. The molecule has 142 valence electrons. The Bertz CT molecular complexity index is 683. The number of benzene rings is 1. The lowest BCUT2D eigenvalue weighted by Crippen LogP contribution is -2.37. The van der Waals surface area contributed by atoms with Crippen molar-refractivity contribution in [3.05, 3.63) is 35.9 Å². The number of esters is 1. The highest BCUT2D eigenvalue weighted by molar-refractivity contribution is 5.75. The average Bonchev–Trinajstić information content (AvgIpc) is 3.20. The minimum absolute atomic E-state index is 0.0148. The number of allylic oxidation sites excluding steroid dienone is 2. The van der Waals surface area contributed by atoms with Crippen molar-refractivity contribution < 1.29 is 19.0 Å². The Morgan fingerprint density at radius 3 is 2.85 bits per heavy atom. The predicted molar refractivity (Wildman–Crippen MR) is 100 cm³/mol. The van der Waals surface area contributed by atoms with Crippen LogP contribution in [0.5, 0.6) is 11.5 Å². The first kappa shape index (κ1) is 18.8. The molecule has 0 amide bonds. The first-order chi connectivity index (χ1) is 12.4. The molecule has 0 aliphatic carbocycles. The van der Waals surface area contributed by atoms with Gasteiger partial charge in [0.05, 0.1) is 12.5 Å². The van der Waals surface area contributed by atoms with Gasteiger partial charge in [-0.3, -0.25) is 4.79 Å². The number of fused-ring (bicyclic) bond motifs is 1. The van der Waals surface area contributed by atoms with Crippen molar-refractivity contribution in [3.8, 4) is 11.5 Å². The molecule has 2 aliphatic rings. The Morgan fingerprint density at radius 2 is 2.12 bits per heavy atom. The third kappa shape index (κ3) is 3.88. The Balaban J connectivity index is 1.86. The Kier molecular flexibility index (Phi) is 5.56. The zero-order chi connectivity index (χ0) is 18.7. The van der Waals surface area contributed by atoms with E-state index in [0.29, 0.717) is 6.61 Å². The zero-order valence-electron chi connectivity index (χ0n) is 16.1. The molecule has 0 radical (unpaired) electrons. The van der Waals surface area contributed by atoms with E-state index in [4.69, 9.17) is 14.2 Å². The molecule has 3 atom stereocenters. The summed E-state index contributed by atoms with van der Waals surface area (Å²) in [7, 11) is 0. The Morgan fingerprint density at radius 1 is 1.35 bits per heavy atom. The summed E-state index contributed by atoms with van der Waals surface area (Å²) in [5.41, 5.74) is 1.10. The van der Waals surface area contributed by atoms with Crippen LogP contribution in [0.2, 0.25) is 0 Å². The smallest absolute Gasteiger partial charge is 0.311 e. The molecule has 2 heterocycles. The number of nitrogens with one attached hydrogen (secondary N) is 1. The molecule has 5 heteroatoms. The molecular weight excluding hydrogens is 330 g/mol. The van der Waals surface area contributed by atoms with Gasteiger partial charge in [0.15, 0.2) is 11.5 Å². The largest absolute Gasteiger partial charge is 0.466 e. The second-order valence-electron chi connectivity index (χ2n) is 7.70. The van der Waals surface area contributed by atoms with Crippen LogP contribution >= 0.6 is 0 Å². The molecule has 2 aliphatic heterocycles. The van der Waals surface area contributed by atoms with Crippen molar-refractivity contribution in [2.24, 2.45) is 11.3 Å². The van der Waals surface area contributed by atoms with E-state index in [1.807, 2.05) is 32.0 Å². The van der Waals surface area contributed by atoms with Crippen molar-refractivity contribution in [3.63, 3.8) is 0 Å². The highest BCUT2D eigenvalue weighted by Crippen LogP contribution is 2.41. The molecule has 0 spiro atoms. The summed E-state index contributed by atoms with van der Waals surface area (Å²) >= 11 is 0. The zero-order valence-corrected chi connectivity index (χ0v) is 16.1. The van der Waals surface area contributed by atoms with Gasteiger partial charge in [-0.1, -0.05) is 32.1 Å². The van der Waals surface area contributed by atoms with Gasteiger partial charge in [0, 0.05) is 18.5 Å². The highest BCUT2D eigenvalue weighted by Gasteiger charge is 2.44. The molecule has 0 aromatic heterocycles. The number of carbonyl (C=O) groups excluding carboxylic acids is 1. The van der Waals surface area contributed by atoms with Crippen LogP contribution in [0.4, 0.5) is 0 Å². The van der Waals surface area contributed by atoms with Gasteiger partial charge in [0.1, 0.15) is 0 Å². The van der Waals surface area contributed by atoms with Gasteiger partial charge >= 0.3 is 5.97 Å². The fourth-order valence-corrected chi connectivity index (χ4v) is 4.13. The van der Waals surface area contributed by atoms with E-state index < -0.39 is 0 Å². The molecule has 1 aromatic carbocycles. The van der Waals surface area contributed by atoms with E-state index in [0.717, 1.165) is 30.0 Å². The molecule has 5 nitrogen and oxygen atoms in total. The predicted octanol–water partition coefficient (Wildman–Crippen LogP) is 3.64. The van der Waals surface area contributed by atoms with Crippen LogP contribution in [-0.4, -0.2) is 32.0 Å².